The molecule has 2 rings (SSSR count). The van der Waals surface area contributed by atoms with Crippen LogP contribution in [0.25, 0.3) is 0 Å². The Morgan fingerprint density at radius 3 is 2.56 bits per heavy atom. The maximum Gasteiger partial charge on any atom is 0.216 e. The average molecular weight is 212 g/mol. The van der Waals surface area contributed by atoms with E-state index in [2.05, 4.69) is 4.98 Å². The fourth-order valence-electron chi connectivity index (χ4n) is 1.35. The number of nitrogens with zero attached hydrogens (tertiary/aromatic N) is 2. The molecular weight excluding hydrogens is 200 g/mol. The molecule has 0 N–H and O–H groups in total. The van der Waals surface area contributed by atoms with Gasteiger partial charge in [0.1, 0.15) is 0 Å². The first-order chi connectivity index (χ1) is 7.75. The molecule has 3 heteroatoms. The van der Waals surface area contributed by atoms with Crippen molar-refractivity contribution in [2.45, 2.75) is 6.92 Å². The summed E-state index contributed by atoms with van der Waals surface area (Å²) >= 11 is 0. The first kappa shape index (κ1) is 10.4. The van der Waals surface area contributed by atoms with E-state index in [1.807, 2.05) is 25.1 Å². The predicted octanol–water partition coefficient (Wildman–Crippen LogP) is 2.65. The molecule has 2 aromatic rings. The van der Waals surface area contributed by atoms with Crippen LogP contribution >= 0.6 is 0 Å². The van der Waals surface area contributed by atoms with Crippen LogP contribution < -0.4 is 0 Å². The monoisotopic (exact) mass is 212 g/mol. The lowest BCUT2D eigenvalue weighted by molar-refractivity contribution is -0.354. The van der Waals surface area contributed by atoms with Crippen LogP contribution in [0.5, 0.6) is 0 Å². The van der Waals surface area contributed by atoms with Gasteiger partial charge in [-0.15, -0.1) is 0 Å². The van der Waals surface area contributed by atoms with Crippen LogP contribution in [-0.2, 0) is 0 Å². The number of rotatable bonds is 2. The highest BCUT2D eigenvalue weighted by Gasteiger charge is 2.00. The summed E-state index contributed by atoms with van der Waals surface area (Å²) in [6, 6.07) is 11.1. The van der Waals surface area contributed by atoms with E-state index in [4.69, 9.17) is 0 Å². The van der Waals surface area contributed by atoms with Gasteiger partial charge in [0.15, 0.2) is 6.21 Å². The second kappa shape index (κ2) is 4.57. The highest BCUT2D eigenvalue weighted by atomic mass is 16.5. The molecule has 0 unspecified atom stereocenters. The fourth-order valence-corrected chi connectivity index (χ4v) is 1.35. The summed E-state index contributed by atoms with van der Waals surface area (Å²) in [5.41, 5.74) is 2.55. The smallest absolute Gasteiger partial charge is 0.216 e. The summed E-state index contributed by atoms with van der Waals surface area (Å²) in [5.74, 6) is 0. The normalized spacial score (nSPS) is 11.4. The van der Waals surface area contributed by atoms with Crippen molar-refractivity contribution in [3.8, 4) is 0 Å². The van der Waals surface area contributed by atoms with Crippen LogP contribution in [0.3, 0.4) is 0 Å². The Morgan fingerprint density at radius 2 is 1.94 bits per heavy atom. The van der Waals surface area contributed by atoms with Gasteiger partial charge in [-0.2, -0.15) is 4.74 Å². The topological polar surface area (TPSA) is 39.0 Å². The maximum absolute atomic E-state index is 11.8. The number of aromatic nitrogens is 1. The Kier molecular flexibility index (Phi) is 2.96. The van der Waals surface area contributed by atoms with Gasteiger partial charge in [0, 0.05) is 24.5 Å². The zero-order chi connectivity index (χ0) is 11.4. The summed E-state index contributed by atoms with van der Waals surface area (Å²) in [4.78, 5) is 3.95. The summed E-state index contributed by atoms with van der Waals surface area (Å²) in [5, 5.41) is 11.8. The van der Waals surface area contributed by atoms with Gasteiger partial charge in [-0.05, 0) is 19.1 Å². The Morgan fingerprint density at radius 1 is 1.19 bits per heavy atom. The highest BCUT2D eigenvalue weighted by Crippen LogP contribution is 2.11. The van der Waals surface area contributed by atoms with Crippen molar-refractivity contribution < 1.29 is 4.74 Å². The zero-order valence-electron chi connectivity index (χ0n) is 9.00. The van der Waals surface area contributed by atoms with E-state index in [0.717, 1.165) is 15.9 Å². The van der Waals surface area contributed by atoms with E-state index in [1.54, 1.807) is 30.6 Å². The third kappa shape index (κ3) is 2.45. The Labute approximate surface area is 94.3 Å². The molecule has 0 saturated heterocycles. The number of pyridine rings is 1. The van der Waals surface area contributed by atoms with Gasteiger partial charge in [-0.1, -0.05) is 17.7 Å². The first-order valence-electron chi connectivity index (χ1n) is 5.03. The second-order valence-corrected chi connectivity index (χ2v) is 3.58. The van der Waals surface area contributed by atoms with Gasteiger partial charge in [-0.3, -0.25) is 4.98 Å². The van der Waals surface area contributed by atoms with Crippen molar-refractivity contribution in [1.82, 2.24) is 4.98 Å². The van der Waals surface area contributed by atoms with Gasteiger partial charge >= 0.3 is 0 Å². The van der Waals surface area contributed by atoms with Crippen molar-refractivity contribution in [2.75, 3.05) is 0 Å². The lowest BCUT2D eigenvalue weighted by atomic mass is 10.2. The van der Waals surface area contributed by atoms with Crippen LogP contribution in [0.2, 0.25) is 0 Å². The molecule has 1 aromatic heterocycles. The van der Waals surface area contributed by atoms with E-state index in [1.165, 1.54) is 6.21 Å². The molecule has 1 heterocycles. The van der Waals surface area contributed by atoms with E-state index in [9.17, 15) is 5.21 Å². The predicted molar refractivity (Wildman–Crippen MR) is 63.9 cm³/mol. The minimum absolute atomic E-state index is 0.620. The van der Waals surface area contributed by atoms with Gasteiger partial charge in [0.05, 0.1) is 5.56 Å². The summed E-state index contributed by atoms with van der Waals surface area (Å²) in [7, 11) is 0. The number of hydrogen-bond acceptors (Lipinski definition) is 2. The molecule has 0 fully saturated rings. The van der Waals surface area contributed by atoms with Crippen molar-refractivity contribution >= 4 is 11.9 Å². The van der Waals surface area contributed by atoms with Gasteiger partial charge in [0.2, 0.25) is 5.69 Å². The maximum atomic E-state index is 11.8. The first-order valence-corrected chi connectivity index (χ1v) is 5.03. The second-order valence-electron chi connectivity index (χ2n) is 3.58. The molecule has 0 bridgehead atoms. The van der Waals surface area contributed by atoms with Crippen molar-refractivity contribution in [3.63, 3.8) is 0 Å². The molecule has 0 atom stereocenters. The summed E-state index contributed by atoms with van der Waals surface area (Å²) < 4.78 is 0.844. The van der Waals surface area contributed by atoms with Gasteiger partial charge in [-0.25, -0.2) is 0 Å². The largest absolute Gasteiger partial charge is 0.618 e. The molecule has 16 heavy (non-hydrogen) atoms. The van der Waals surface area contributed by atoms with Crippen LogP contribution in [0.15, 0.2) is 48.8 Å². The SMILES string of the molecule is Cc1ccc(/[N+]([O-])=C/c2cccnc2)cc1. The lowest BCUT2D eigenvalue weighted by Gasteiger charge is -2.02. The minimum Gasteiger partial charge on any atom is -0.618 e. The molecule has 3 nitrogen and oxygen atoms in total. The molecule has 0 saturated carbocycles. The molecular formula is C13H12N2O. The van der Waals surface area contributed by atoms with Crippen molar-refractivity contribution in [1.29, 1.82) is 0 Å². The van der Waals surface area contributed by atoms with E-state index < -0.39 is 0 Å². The summed E-state index contributed by atoms with van der Waals surface area (Å²) in [6.45, 7) is 1.99. The molecule has 0 amide bonds. The van der Waals surface area contributed by atoms with Gasteiger partial charge < -0.3 is 5.21 Å². The Balaban J connectivity index is 2.28. The van der Waals surface area contributed by atoms with E-state index in [0.29, 0.717) is 5.69 Å². The highest BCUT2D eigenvalue weighted by molar-refractivity contribution is 5.75. The zero-order valence-corrected chi connectivity index (χ0v) is 9.00. The molecule has 0 radical (unpaired) electrons. The van der Waals surface area contributed by atoms with Crippen LogP contribution in [-0.4, -0.2) is 15.9 Å². The van der Waals surface area contributed by atoms with Crippen LogP contribution in [0.4, 0.5) is 5.69 Å². The molecule has 0 spiro atoms. The number of aryl methyl sites for hydroxylation is 1. The quantitative estimate of drug-likeness (QED) is 0.332. The van der Waals surface area contributed by atoms with Crippen molar-refractivity contribution in [2.24, 2.45) is 0 Å². The fraction of sp³-hybridized carbons (Fsp3) is 0.0769. The van der Waals surface area contributed by atoms with Crippen LogP contribution in [0, 0.1) is 12.1 Å². The van der Waals surface area contributed by atoms with E-state index >= 15 is 0 Å². The molecule has 1 aromatic carbocycles. The lowest BCUT2D eigenvalue weighted by Crippen LogP contribution is -1.98. The molecule has 0 aliphatic carbocycles. The van der Waals surface area contributed by atoms with Gasteiger partial charge in [0.25, 0.3) is 0 Å². The van der Waals surface area contributed by atoms with Crippen LogP contribution in [0.1, 0.15) is 11.1 Å². The van der Waals surface area contributed by atoms with E-state index in [-0.39, 0.29) is 0 Å². The molecule has 80 valence electrons. The standard InChI is InChI=1S/C13H12N2O/c1-11-4-6-13(7-5-11)15(16)10-12-3-2-8-14-9-12/h2-10H,1H3/b15-10-. The van der Waals surface area contributed by atoms with Crippen molar-refractivity contribution in [3.05, 3.63) is 65.1 Å². The number of hydrogen-bond donors (Lipinski definition) is 0. The third-order valence-electron chi connectivity index (χ3n) is 2.24. The minimum atomic E-state index is 0.620. The third-order valence-corrected chi connectivity index (χ3v) is 2.24. The number of benzene rings is 1. The Bertz CT molecular complexity index is 489. The molecule has 0 aliphatic heterocycles. The Hall–Kier alpha value is -2.16. The average Bonchev–Trinajstić information content (AvgIpc) is 2.31. The summed E-state index contributed by atoms with van der Waals surface area (Å²) in [6.07, 6.45) is 4.84. The molecule has 0 aliphatic rings.